The van der Waals surface area contributed by atoms with E-state index in [2.05, 4.69) is 34.3 Å². The van der Waals surface area contributed by atoms with E-state index < -0.39 is 0 Å². The van der Waals surface area contributed by atoms with Crippen LogP contribution >= 0.6 is 0 Å². The lowest BCUT2D eigenvalue weighted by Gasteiger charge is -2.23. The number of hydrogen-bond acceptors (Lipinski definition) is 5. The van der Waals surface area contributed by atoms with Crippen LogP contribution in [0.1, 0.15) is 12.5 Å². The molecule has 0 saturated carbocycles. The van der Waals surface area contributed by atoms with Gasteiger partial charge in [0.1, 0.15) is 5.82 Å². The highest BCUT2D eigenvalue weighted by Gasteiger charge is 2.07. The molecule has 0 amide bonds. The minimum atomic E-state index is 0.685. The lowest BCUT2D eigenvalue weighted by molar-refractivity contribution is 0.190. The highest BCUT2D eigenvalue weighted by molar-refractivity contribution is 5.39. The van der Waals surface area contributed by atoms with Crippen molar-refractivity contribution in [1.29, 1.82) is 0 Å². The van der Waals surface area contributed by atoms with Crippen LogP contribution in [0.25, 0.3) is 0 Å². The summed E-state index contributed by atoms with van der Waals surface area (Å²) in [5.74, 6) is 0.967. The standard InChI is InChI=1S/C14H25N3O2/c1-4-15-11-13-5-6-14(16-12-13)17(7-9-18-2)8-10-19-3/h5-6,12,15H,4,7-11H2,1-3H3. The third-order valence-corrected chi connectivity index (χ3v) is 2.84. The Morgan fingerprint density at radius 3 is 2.32 bits per heavy atom. The van der Waals surface area contributed by atoms with Gasteiger partial charge < -0.3 is 19.7 Å². The summed E-state index contributed by atoms with van der Waals surface area (Å²) >= 11 is 0. The molecule has 0 unspecified atom stereocenters. The molecule has 0 aliphatic carbocycles. The minimum absolute atomic E-state index is 0.685. The maximum absolute atomic E-state index is 5.13. The predicted molar refractivity (Wildman–Crippen MR) is 77.6 cm³/mol. The Kier molecular flexibility index (Phi) is 8.13. The van der Waals surface area contributed by atoms with Gasteiger partial charge in [-0.3, -0.25) is 0 Å². The molecule has 1 aromatic rings. The molecule has 0 saturated heterocycles. The van der Waals surface area contributed by atoms with E-state index in [-0.39, 0.29) is 0 Å². The molecule has 0 bridgehead atoms. The Morgan fingerprint density at radius 2 is 1.84 bits per heavy atom. The van der Waals surface area contributed by atoms with E-state index in [0.717, 1.165) is 32.0 Å². The molecule has 0 aromatic carbocycles. The van der Waals surface area contributed by atoms with Crippen LogP contribution in [0, 0.1) is 0 Å². The molecular weight excluding hydrogens is 242 g/mol. The lowest BCUT2D eigenvalue weighted by atomic mass is 10.2. The first-order chi connectivity index (χ1) is 9.31. The summed E-state index contributed by atoms with van der Waals surface area (Å²) in [6.07, 6.45) is 1.92. The van der Waals surface area contributed by atoms with Crippen LogP contribution in [0.3, 0.4) is 0 Å². The van der Waals surface area contributed by atoms with Gasteiger partial charge in [0, 0.05) is 40.1 Å². The number of pyridine rings is 1. The fourth-order valence-corrected chi connectivity index (χ4v) is 1.72. The van der Waals surface area contributed by atoms with Gasteiger partial charge in [-0.2, -0.15) is 0 Å². The average molecular weight is 267 g/mol. The van der Waals surface area contributed by atoms with Crippen LogP contribution in [0.15, 0.2) is 18.3 Å². The van der Waals surface area contributed by atoms with Crippen molar-refractivity contribution in [3.05, 3.63) is 23.9 Å². The van der Waals surface area contributed by atoms with Gasteiger partial charge in [0.2, 0.25) is 0 Å². The van der Waals surface area contributed by atoms with Crippen LogP contribution in [0.2, 0.25) is 0 Å². The molecule has 1 rings (SSSR count). The third kappa shape index (κ3) is 6.00. The SMILES string of the molecule is CCNCc1ccc(N(CCOC)CCOC)nc1. The van der Waals surface area contributed by atoms with Gasteiger partial charge in [-0.15, -0.1) is 0 Å². The van der Waals surface area contributed by atoms with Crippen molar-refractivity contribution in [3.63, 3.8) is 0 Å². The number of hydrogen-bond donors (Lipinski definition) is 1. The Labute approximate surface area is 115 Å². The molecule has 0 fully saturated rings. The molecule has 0 radical (unpaired) electrons. The van der Waals surface area contributed by atoms with E-state index in [4.69, 9.17) is 9.47 Å². The first-order valence-electron chi connectivity index (χ1n) is 6.70. The number of methoxy groups -OCH3 is 2. The summed E-state index contributed by atoms with van der Waals surface area (Å²) in [6.45, 7) is 6.93. The fourth-order valence-electron chi connectivity index (χ4n) is 1.72. The second kappa shape index (κ2) is 9.72. The first kappa shape index (κ1) is 15.9. The van der Waals surface area contributed by atoms with E-state index >= 15 is 0 Å². The van der Waals surface area contributed by atoms with Crippen LogP contribution in [0.5, 0.6) is 0 Å². The third-order valence-electron chi connectivity index (χ3n) is 2.84. The van der Waals surface area contributed by atoms with Crippen molar-refractivity contribution in [2.45, 2.75) is 13.5 Å². The first-order valence-corrected chi connectivity index (χ1v) is 6.70. The largest absolute Gasteiger partial charge is 0.383 e. The number of rotatable bonds is 10. The molecule has 5 heteroatoms. The zero-order chi connectivity index (χ0) is 13.9. The summed E-state index contributed by atoms with van der Waals surface area (Å²) in [7, 11) is 3.42. The molecule has 5 nitrogen and oxygen atoms in total. The molecule has 0 aliphatic rings. The molecule has 0 aliphatic heterocycles. The van der Waals surface area contributed by atoms with Crippen LogP contribution in [-0.2, 0) is 16.0 Å². The number of nitrogens with zero attached hydrogens (tertiary/aromatic N) is 2. The second-order valence-corrected chi connectivity index (χ2v) is 4.28. The van der Waals surface area contributed by atoms with Gasteiger partial charge >= 0.3 is 0 Å². The van der Waals surface area contributed by atoms with Gasteiger partial charge in [-0.05, 0) is 18.2 Å². The van der Waals surface area contributed by atoms with Crippen molar-refractivity contribution < 1.29 is 9.47 Å². The quantitative estimate of drug-likeness (QED) is 0.692. The summed E-state index contributed by atoms with van der Waals surface area (Å²) < 4.78 is 10.3. The number of ether oxygens (including phenoxy) is 2. The maximum Gasteiger partial charge on any atom is 0.128 e. The zero-order valence-corrected chi connectivity index (χ0v) is 12.2. The van der Waals surface area contributed by atoms with E-state index in [1.54, 1.807) is 14.2 Å². The predicted octanol–water partition coefficient (Wildman–Crippen LogP) is 1.29. The molecule has 1 heterocycles. The van der Waals surface area contributed by atoms with Crippen molar-refractivity contribution in [2.24, 2.45) is 0 Å². The van der Waals surface area contributed by atoms with Crippen molar-refractivity contribution in [2.75, 3.05) is 52.0 Å². The fraction of sp³-hybridized carbons (Fsp3) is 0.643. The summed E-state index contributed by atoms with van der Waals surface area (Å²) in [6, 6.07) is 4.16. The second-order valence-electron chi connectivity index (χ2n) is 4.28. The van der Waals surface area contributed by atoms with Gasteiger partial charge in [0.15, 0.2) is 0 Å². The highest BCUT2D eigenvalue weighted by atomic mass is 16.5. The number of anilines is 1. The van der Waals surface area contributed by atoms with E-state index in [1.807, 2.05) is 6.20 Å². The smallest absolute Gasteiger partial charge is 0.128 e. The summed E-state index contributed by atoms with van der Waals surface area (Å²) in [4.78, 5) is 6.68. The normalized spacial score (nSPS) is 10.7. The van der Waals surface area contributed by atoms with Crippen molar-refractivity contribution in [3.8, 4) is 0 Å². The van der Waals surface area contributed by atoms with E-state index in [1.165, 1.54) is 5.56 Å². The summed E-state index contributed by atoms with van der Waals surface area (Å²) in [5.41, 5.74) is 1.20. The van der Waals surface area contributed by atoms with Gasteiger partial charge in [0.05, 0.1) is 13.2 Å². The van der Waals surface area contributed by atoms with E-state index in [9.17, 15) is 0 Å². The lowest BCUT2D eigenvalue weighted by Crippen LogP contribution is -2.31. The topological polar surface area (TPSA) is 46.6 Å². The Hall–Kier alpha value is -1.17. The van der Waals surface area contributed by atoms with Crippen LogP contribution < -0.4 is 10.2 Å². The Bertz CT molecular complexity index is 322. The van der Waals surface area contributed by atoms with Gasteiger partial charge in [-0.25, -0.2) is 4.98 Å². The summed E-state index contributed by atoms with van der Waals surface area (Å²) in [5, 5.41) is 3.29. The number of nitrogens with one attached hydrogen (secondary N) is 1. The highest BCUT2D eigenvalue weighted by Crippen LogP contribution is 2.11. The molecule has 0 atom stereocenters. The van der Waals surface area contributed by atoms with Crippen LogP contribution in [0.4, 0.5) is 5.82 Å². The molecule has 1 aromatic heterocycles. The van der Waals surface area contributed by atoms with Crippen LogP contribution in [-0.4, -0.2) is 52.1 Å². The molecule has 108 valence electrons. The van der Waals surface area contributed by atoms with E-state index in [0.29, 0.717) is 13.2 Å². The average Bonchev–Trinajstić information content (AvgIpc) is 2.46. The molecular formula is C14H25N3O2. The van der Waals surface area contributed by atoms with Crippen molar-refractivity contribution in [1.82, 2.24) is 10.3 Å². The Balaban J connectivity index is 2.61. The number of aromatic nitrogens is 1. The van der Waals surface area contributed by atoms with Crippen molar-refractivity contribution >= 4 is 5.82 Å². The van der Waals surface area contributed by atoms with Gasteiger partial charge in [-0.1, -0.05) is 13.0 Å². The molecule has 1 N–H and O–H groups in total. The minimum Gasteiger partial charge on any atom is -0.383 e. The monoisotopic (exact) mass is 267 g/mol. The van der Waals surface area contributed by atoms with Gasteiger partial charge in [0.25, 0.3) is 0 Å². The maximum atomic E-state index is 5.13. The Morgan fingerprint density at radius 1 is 1.16 bits per heavy atom. The molecule has 19 heavy (non-hydrogen) atoms. The molecule has 0 spiro atoms. The zero-order valence-electron chi connectivity index (χ0n) is 12.2.